The standard InChI is InChI=1S/C20H25N3O2/c1-13-8-17(13)19(24)23-15-2-3-16(23)10-20(25,9-15)12-22-7-5-14-4-6-21-11-18(14)22/h4-7,11,13,15-17,25H,2-3,8-10,12H2,1H3/t13-,15-,16-,17+/m0/s1. The molecule has 1 saturated carbocycles. The zero-order valence-corrected chi connectivity index (χ0v) is 14.6. The van der Waals surface area contributed by atoms with Crippen LogP contribution in [-0.2, 0) is 11.3 Å². The Hall–Kier alpha value is -1.88. The Kier molecular flexibility index (Phi) is 3.26. The second-order valence-corrected chi connectivity index (χ2v) is 8.46. The molecule has 132 valence electrons. The molecular formula is C20H25N3O2. The first-order valence-corrected chi connectivity index (χ1v) is 9.47. The Morgan fingerprint density at radius 1 is 1.32 bits per heavy atom. The number of pyridine rings is 1. The van der Waals surface area contributed by atoms with Crippen LogP contribution in [0.4, 0.5) is 0 Å². The van der Waals surface area contributed by atoms with Crippen molar-refractivity contribution in [3.63, 3.8) is 0 Å². The molecule has 2 aromatic rings. The monoisotopic (exact) mass is 339 g/mol. The summed E-state index contributed by atoms with van der Waals surface area (Å²) in [6.07, 6.45) is 10.2. The summed E-state index contributed by atoms with van der Waals surface area (Å²) < 4.78 is 2.11. The van der Waals surface area contributed by atoms with Crippen molar-refractivity contribution >= 4 is 16.8 Å². The lowest BCUT2D eigenvalue weighted by Crippen LogP contribution is -2.55. The first kappa shape index (κ1) is 15.4. The molecule has 5 rings (SSSR count). The molecule has 0 spiro atoms. The van der Waals surface area contributed by atoms with Crippen LogP contribution in [0.25, 0.3) is 10.9 Å². The van der Waals surface area contributed by atoms with Gasteiger partial charge in [0.05, 0.1) is 23.9 Å². The Bertz CT molecular complexity index is 815. The fourth-order valence-corrected chi connectivity index (χ4v) is 5.15. The van der Waals surface area contributed by atoms with Crippen LogP contribution in [0.5, 0.6) is 0 Å². The van der Waals surface area contributed by atoms with E-state index >= 15 is 0 Å². The van der Waals surface area contributed by atoms with Crippen molar-refractivity contribution in [1.82, 2.24) is 14.5 Å². The number of fused-ring (bicyclic) bond motifs is 3. The highest BCUT2D eigenvalue weighted by Gasteiger charge is 2.53. The van der Waals surface area contributed by atoms with Gasteiger partial charge >= 0.3 is 0 Å². The fraction of sp³-hybridized carbons (Fsp3) is 0.600. The van der Waals surface area contributed by atoms with E-state index in [1.165, 1.54) is 0 Å². The molecular weight excluding hydrogens is 314 g/mol. The van der Waals surface area contributed by atoms with Crippen LogP contribution in [0, 0.1) is 11.8 Å². The van der Waals surface area contributed by atoms with Crippen LogP contribution in [0.1, 0.15) is 39.0 Å². The number of nitrogens with zero attached hydrogens (tertiary/aromatic N) is 3. The smallest absolute Gasteiger partial charge is 0.226 e. The van der Waals surface area contributed by atoms with Crippen molar-refractivity contribution in [3.05, 3.63) is 30.7 Å². The van der Waals surface area contributed by atoms with Crippen LogP contribution in [0.3, 0.4) is 0 Å². The number of amides is 1. The normalized spacial score (nSPS) is 36.8. The zero-order valence-electron chi connectivity index (χ0n) is 14.6. The Morgan fingerprint density at radius 3 is 2.72 bits per heavy atom. The first-order valence-electron chi connectivity index (χ1n) is 9.47. The van der Waals surface area contributed by atoms with Gasteiger partial charge in [-0.15, -0.1) is 0 Å². The Labute approximate surface area is 147 Å². The molecule has 2 saturated heterocycles. The molecule has 25 heavy (non-hydrogen) atoms. The minimum atomic E-state index is -0.737. The van der Waals surface area contributed by atoms with Gasteiger partial charge in [0.2, 0.25) is 5.91 Å². The lowest BCUT2D eigenvalue weighted by Gasteiger charge is -2.44. The summed E-state index contributed by atoms with van der Waals surface area (Å²) in [4.78, 5) is 19.1. The lowest BCUT2D eigenvalue weighted by molar-refractivity contribution is -0.143. The van der Waals surface area contributed by atoms with E-state index in [1.54, 1.807) is 6.20 Å². The van der Waals surface area contributed by atoms with E-state index in [-0.39, 0.29) is 18.0 Å². The highest BCUT2D eigenvalue weighted by Crippen LogP contribution is 2.47. The molecule has 0 radical (unpaired) electrons. The van der Waals surface area contributed by atoms with E-state index in [1.807, 2.05) is 18.5 Å². The van der Waals surface area contributed by atoms with Gasteiger partial charge in [-0.25, -0.2) is 0 Å². The maximum atomic E-state index is 12.8. The predicted octanol–water partition coefficient (Wildman–Crippen LogP) is 2.58. The van der Waals surface area contributed by atoms with Gasteiger partial charge in [-0.1, -0.05) is 6.92 Å². The van der Waals surface area contributed by atoms with E-state index in [0.29, 0.717) is 31.2 Å². The highest BCUT2D eigenvalue weighted by molar-refractivity contribution is 5.82. The van der Waals surface area contributed by atoms with Crippen LogP contribution in [0.2, 0.25) is 0 Å². The number of aromatic nitrogens is 2. The maximum Gasteiger partial charge on any atom is 0.226 e. The molecule has 3 aliphatic rings. The van der Waals surface area contributed by atoms with Gasteiger partial charge in [-0.3, -0.25) is 9.78 Å². The third kappa shape index (κ3) is 2.48. The van der Waals surface area contributed by atoms with Crippen LogP contribution < -0.4 is 0 Å². The molecule has 5 heteroatoms. The van der Waals surface area contributed by atoms with Gasteiger partial charge in [0.1, 0.15) is 0 Å². The number of hydrogen-bond donors (Lipinski definition) is 1. The lowest BCUT2D eigenvalue weighted by atomic mass is 9.85. The van der Waals surface area contributed by atoms with Gasteiger partial charge in [0, 0.05) is 35.8 Å². The summed E-state index contributed by atoms with van der Waals surface area (Å²) in [6, 6.07) is 4.49. The second-order valence-electron chi connectivity index (χ2n) is 8.46. The van der Waals surface area contributed by atoms with Gasteiger partial charge in [0.15, 0.2) is 0 Å². The van der Waals surface area contributed by atoms with Crippen LogP contribution in [-0.4, -0.2) is 43.1 Å². The van der Waals surface area contributed by atoms with Gasteiger partial charge in [0.25, 0.3) is 0 Å². The van der Waals surface area contributed by atoms with Crippen molar-refractivity contribution in [2.45, 2.75) is 63.3 Å². The predicted molar refractivity (Wildman–Crippen MR) is 94.8 cm³/mol. The van der Waals surface area contributed by atoms with Crippen molar-refractivity contribution in [3.8, 4) is 0 Å². The van der Waals surface area contributed by atoms with Crippen molar-refractivity contribution in [2.75, 3.05) is 0 Å². The number of carbonyl (C=O) groups excluding carboxylic acids is 1. The molecule has 5 nitrogen and oxygen atoms in total. The largest absolute Gasteiger partial charge is 0.388 e. The van der Waals surface area contributed by atoms with Crippen LogP contribution in [0.15, 0.2) is 30.7 Å². The van der Waals surface area contributed by atoms with Gasteiger partial charge in [-0.05, 0) is 50.2 Å². The molecule has 0 aromatic carbocycles. The van der Waals surface area contributed by atoms with E-state index < -0.39 is 5.60 Å². The zero-order chi connectivity index (χ0) is 17.2. The van der Waals surface area contributed by atoms with Crippen molar-refractivity contribution in [1.29, 1.82) is 0 Å². The van der Waals surface area contributed by atoms with Crippen molar-refractivity contribution < 1.29 is 9.90 Å². The average molecular weight is 339 g/mol. The summed E-state index contributed by atoms with van der Waals surface area (Å²) in [6.45, 7) is 2.74. The Morgan fingerprint density at radius 2 is 2.04 bits per heavy atom. The van der Waals surface area contributed by atoms with Crippen molar-refractivity contribution in [2.24, 2.45) is 11.8 Å². The third-order valence-corrected chi connectivity index (χ3v) is 6.57. The van der Waals surface area contributed by atoms with E-state index in [0.717, 1.165) is 30.2 Å². The Balaban J connectivity index is 1.37. The highest BCUT2D eigenvalue weighted by atomic mass is 16.3. The molecule has 2 bridgehead atoms. The quantitative estimate of drug-likeness (QED) is 0.935. The molecule has 1 N–H and O–H groups in total. The molecule has 2 aromatic heterocycles. The molecule has 1 aliphatic carbocycles. The summed E-state index contributed by atoms with van der Waals surface area (Å²) in [5.41, 5.74) is 0.327. The SMILES string of the molecule is C[C@H]1C[C@H]1C(=O)N1[C@H]2CC[C@H]1CC(O)(Cn1ccc3ccncc31)C2. The average Bonchev–Trinajstić information content (AvgIpc) is 3.08. The number of rotatable bonds is 3. The van der Waals surface area contributed by atoms with Gasteiger partial charge in [-0.2, -0.15) is 0 Å². The number of carbonyl (C=O) groups is 1. The fourth-order valence-electron chi connectivity index (χ4n) is 5.15. The molecule has 0 unspecified atom stereocenters. The third-order valence-electron chi connectivity index (χ3n) is 6.57. The summed E-state index contributed by atoms with van der Waals surface area (Å²) in [5, 5.41) is 12.5. The summed E-state index contributed by atoms with van der Waals surface area (Å²) in [7, 11) is 0. The summed E-state index contributed by atoms with van der Waals surface area (Å²) >= 11 is 0. The second kappa shape index (κ2) is 5.31. The molecule has 2 aliphatic heterocycles. The molecule has 3 fully saturated rings. The van der Waals surface area contributed by atoms with E-state index in [9.17, 15) is 9.90 Å². The topological polar surface area (TPSA) is 58.4 Å². The van der Waals surface area contributed by atoms with Crippen LogP contribution >= 0.6 is 0 Å². The number of hydrogen-bond acceptors (Lipinski definition) is 3. The number of piperidine rings is 1. The minimum absolute atomic E-state index is 0.212. The van der Waals surface area contributed by atoms with E-state index in [4.69, 9.17) is 0 Å². The molecule has 1 amide bonds. The molecule has 4 heterocycles. The first-order chi connectivity index (χ1) is 12.0. The van der Waals surface area contributed by atoms with Gasteiger partial charge < -0.3 is 14.6 Å². The minimum Gasteiger partial charge on any atom is -0.388 e. The van der Waals surface area contributed by atoms with E-state index in [2.05, 4.69) is 27.4 Å². The number of aliphatic hydroxyl groups is 1. The maximum absolute atomic E-state index is 12.8. The summed E-state index contributed by atoms with van der Waals surface area (Å²) in [5.74, 6) is 1.14. The molecule has 4 atom stereocenters.